The summed E-state index contributed by atoms with van der Waals surface area (Å²) in [5.74, 6) is 0.883. The van der Waals surface area contributed by atoms with E-state index in [1.165, 1.54) is 5.56 Å². The molecule has 1 aromatic carbocycles. The summed E-state index contributed by atoms with van der Waals surface area (Å²) in [4.78, 5) is 24.4. The molecule has 2 bridgehead atoms. The standard InChI is InChI=1S/C28H34ClN5O2/c1-28(2,3)36-27(35)34-20-10-7-11-21(34)17-33(16-20)26-22-12-13-32(15-19-8-5-4-6-9-19)18-24(22)23(14-30)25(29)31-26/h4-6,8-9,20-21H,7,10-13,15-18H2,1-3H3/t20-,21+. The van der Waals surface area contributed by atoms with Crippen LogP contribution in [0.5, 0.6) is 0 Å². The molecule has 0 aliphatic carbocycles. The minimum Gasteiger partial charge on any atom is -0.444 e. The highest BCUT2D eigenvalue weighted by molar-refractivity contribution is 6.30. The van der Waals surface area contributed by atoms with E-state index < -0.39 is 5.60 Å². The molecule has 8 heteroatoms. The van der Waals surface area contributed by atoms with Gasteiger partial charge in [-0.15, -0.1) is 0 Å². The highest BCUT2D eigenvalue weighted by Gasteiger charge is 2.43. The van der Waals surface area contributed by atoms with E-state index in [-0.39, 0.29) is 23.3 Å². The molecule has 36 heavy (non-hydrogen) atoms. The summed E-state index contributed by atoms with van der Waals surface area (Å²) in [5.41, 5.74) is 3.35. The molecule has 4 heterocycles. The molecule has 0 saturated carbocycles. The molecule has 1 amide bonds. The number of pyridine rings is 1. The molecule has 2 aromatic rings. The summed E-state index contributed by atoms with van der Waals surface area (Å²) in [5, 5.41) is 10.2. The second kappa shape index (κ2) is 9.91. The number of rotatable bonds is 3. The van der Waals surface area contributed by atoms with E-state index in [1.54, 1.807) is 0 Å². The van der Waals surface area contributed by atoms with Crippen LogP contribution in [0.2, 0.25) is 5.15 Å². The van der Waals surface area contributed by atoms with Crippen molar-refractivity contribution < 1.29 is 9.53 Å². The first kappa shape index (κ1) is 24.9. The molecule has 7 nitrogen and oxygen atoms in total. The van der Waals surface area contributed by atoms with E-state index in [2.05, 4.69) is 40.1 Å². The summed E-state index contributed by atoms with van der Waals surface area (Å²) in [7, 11) is 0. The van der Waals surface area contributed by atoms with E-state index in [0.29, 0.717) is 25.2 Å². The molecule has 0 spiro atoms. The third kappa shape index (κ3) is 5.02. The van der Waals surface area contributed by atoms with Crippen molar-refractivity contribution in [2.24, 2.45) is 0 Å². The normalized spacial score (nSPS) is 22.1. The van der Waals surface area contributed by atoms with Crippen molar-refractivity contribution in [2.45, 2.75) is 77.2 Å². The number of fused-ring (bicyclic) bond motifs is 3. The van der Waals surface area contributed by atoms with Gasteiger partial charge in [0.05, 0.1) is 17.6 Å². The molecule has 3 aliphatic rings. The van der Waals surface area contributed by atoms with E-state index in [4.69, 9.17) is 21.3 Å². The molecule has 0 radical (unpaired) electrons. The van der Waals surface area contributed by atoms with E-state index in [9.17, 15) is 10.1 Å². The lowest BCUT2D eigenvalue weighted by Crippen LogP contribution is -2.63. The van der Waals surface area contributed by atoms with Gasteiger partial charge in [0.15, 0.2) is 0 Å². The predicted octanol–water partition coefficient (Wildman–Crippen LogP) is 5.14. The summed E-state index contributed by atoms with van der Waals surface area (Å²) < 4.78 is 5.75. The Bertz CT molecular complexity index is 1160. The number of anilines is 1. The van der Waals surface area contributed by atoms with Gasteiger partial charge in [-0.3, -0.25) is 9.80 Å². The maximum Gasteiger partial charge on any atom is 0.410 e. The SMILES string of the molecule is CC(C)(C)OC(=O)N1[C@@H]2CCC[C@H]1CN(c1nc(Cl)c(C#N)c3c1CCN(Cc1ccccc1)C3)C2. The third-order valence-corrected chi connectivity index (χ3v) is 7.67. The number of nitriles is 1. The maximum absolute atomic E-state index is 13.0. The van der Waals surface area contributed by atoms with Crippen LogP contribution in [-0.2, 0) is 24.2 Å². The van der Waals surface area contributed by atoms with E-state index >= 15 is 0 Å². The number of amides is 1. The highest BCUT2D eigenvalue weighted by atomic mass is 35.5. The molecule has 3 aliphatic heterocycles. The van der Waals surface area contributed by atoms with Crippen LogP contribution in [0, 0.1) is 11.3 Å². The topological polar surface area (TPSA) is 72.7 Å². The average Bonchev–Trinajstić information content (AvgIpc) is 2.82. The van der Waals surface area contributed by atoms with Crippen molar-refractivity contribution in [3.8, 4) is 6.07 Å². The van der Waals surface area contributed by atoms with Crippen LogP contribution in [0.1, 0.15) is 62.3 Å². The molecule has 2 fully saturated rings. The number of nitrogens with zero attached hydrogens (tertiary/aromatic N) is 5. The van der Waals surface area contributed by atoms with E-state index in [1.807, 2.05) is 31.7 Å². The lowest BCUT2D eigenvalue weighted by atomic mass is 9.90. The number of piperazine rings is 1. The van der Waals surface area contributed by atoms with Gasteiger partial charge in [-0.1, -0.05) is 41.9 Å². The predicted molar refractivity (Wildman–Crippen MR) is 140 cm³/mol. The van der Waals surface area contributed by atoms with Gasteiger partial charge in [-0.25, -0.2) is 9.78 Å². The Morgan fingerprint density at radius 1 is 1.17 bits per heavy atom. The van der Waals surface area contributed by atoms with Gasteiger partial charge in [0, 0.05) is 38.3 Å². The monoisotopic (exact) mass is 507 g/mol. The Kier molecular flexibility index (Phi) is 6.84. The summed E-state index contributed by atoms with van der Waals surface area (Å²) in [6.45, 7) is 9.53. The van der Waals surface area contributed by atoms with Crippen molar-refractivity contribution in [3.05, 3.63) is 57.7 Å². The van der Waals surface area contributed by atoms with Crippen LogP contribution < -0.4 is 4.90 Å². The van der Waals surface area contributed by atoms with E-state index in [0.717, 1.165) is 55.7 Å². The van der Waals surface area contributed by atoms with Gasteiger partial charge in [0.2, 0.25) is 0 Å². The molecule has 2 saturated heterocycles. The zero-order valence-corrected chi connectivity index (χ0v) is 22.1. The van der Waals surface area contributed by atoms with Crippen LogP contribution in [0.3, 0.4) is 0 Å². The van der Waals surface area contributed by atoms with Crippen molar-refractivity contribution in [3.63, 3.8) is 0 Å². The maximum atomic E-state index is 13.0. The fraction of sp³-hybridized carbons (Fsp3) is 0.536. The third-order valence-electron chi connectivity index (χ3n) is 7.39. The van der Waals surface area contributed by atoms with Crippen molar-refractivity contribution in [2.75, 3.05) is 24.5 Å². The smallest absolute Gasteiger partial charge is 0.410 e. The number of piperidine rings is 1. The van der Waals surface area contributed by atoms with Crippen LogP contribution in [0.25, 0.3) is 0 Å². The number of hydrogen-bond acceptors (Lipinski definition) is 6. The van der Waals surface area contributed by atoms with Gasteiger partial charge in [0.1, 0.15) is 22.6 Å². The Hall–Kier alpha value is -2.82. The van der Waals surface area contributed by atoms with Gasteiger partial charge in [0.25, 0.3) is 0 Å². The lowest BCUT2D eigenvalue weighted by molar-refractivity contribution is -0.00979. The molecule has 0 unspecified atom stereocenters. The largest absolute Gasteiger partial charge is 0.444 e. The molecule has 5 rings (SSSR count). The molecule has 1 aromatic heterocycles. The zero-order valence-electron chi connectivity index (χ0n) is 21.3. The van der Waals surface area contributed by atoms with Crippen LogP contribution >= 0.6 is 11.6 Å². The van der Waals surface area contributed by atoms with Crippen molar-refractivity contribution in [1.82, 2.24) is 14.8 Å². The number of benzene rings is 1. The first-order valence-electron chi connectivity index (χ1n) is 12.9. The average molecular weight is 508 g/mol. The van der Waals surface area contributed by atoms with Crippen LogP contribution in [0.15, 0.2) is 30.3 Å². The highest BCUT2D eigenvalue weighted by Crippen LogP contribution is 2.38. The number of hydrogen-bond donors (Lipinski definition) is 0. The molecule has 0 N–H and O–H groups in total. The molecular formula is C28H34ClN5O2. The number of ether oxygens (including phenoxy) is 1. The zero-order chi connectivity index (χ0) is 25.4. The number of halogens is 1. The number of aromatic nitrogens is 1. The van der Waals surface area contributed by atoms with Crippen LogP contribution in [0.4, 0.5) is 10.6 Å². The number of carbonyl (C=O) groups excluding carboxylic acids is 1. The fourth-order valence-corrected chi connectivity index (χ4v) is 6.12. The fourth-order valence-electron chi connectivity index (χ4n) is 5.88. The molecule has 2 atom stereocenters. The summed E-state index contributed by atoms with van der Waals surface area (Å²) in [6.07, 6.45) is 3.60. The Morgan fingerprint density at radius 3 is 2.50 bits per heavy atom. The second-order valence-electron chi connectivity index (χ2n) is 11.1. The minimum absolute atomic E-state index is 0.0809. The van der Waals surface area contributed by atoms with Gasteiger partial charge < -0.3 is 9.64 Å². The van der Waals surface area contributed by atoms with Gasteiger partial charge >= 0.3 is 6.09 Å². The van der Waals surface area contributed by atoms with Crippen LogP contribution in [-0.4, -0.2) is 58.2 Å². The number of carbonyl (C=O) groups is 1. The summed E-state index contributed by atoms with van der Waals surface area (Å²) in [6, 6.07) is 12.9. The Balaban J connectivity index is 1.41. The first-order valence-corrected chi connectivity index (χ1v) is 13.2. The Labute approximate surface area is 218 Å². The van der Waals surface area contributed by atoms with Gasteiger partial charge in [-0.05, 0) is 57.6 Å². The first-order chi connectivity index (χ1) is 17.2. The molecular weight excluding hydrogens is 474 g/mol. The molecule has 190 valence electrons. The van der Waals surface area contributed by atoms with Crippen molar-refractivity contribution in [1.29, 1.82) is 5.26 Å². The lowest BCUT2D eigenvalue weighted by Gasteiger charge is -2.50. The quantitative estimate of drug-likeness (QED) is 0.535. The Morgan fingerprint density at radius 2 is 1.86 bits per heavy atom. The van der Waals surface area contributed by atoms with Crippen molar-refractivity contribution >= 4 is 23.5 Å². The summed E-state index contributed by atoms with van der Waals surface area (Å²) >= 11 is 6.60. The minimum atomic E-state index is -0.518. The van der Waals surface area contributed by atoms with Gasteiger partial charge in [-0.2, -0.15) is 5.26 Å². The second-order valence-corrected chi connectivity index (χ2v) is 11.5.